The molecule has 1 fully saturated rings. The van der Waals surface area contributed by atoms with Crippen LogP contribution in [0, 0.1) is 0 Å². The monoisotopic (exact) mass is 422 g/mol. The van der Waals surface area contributed by atoms with Gasteiger partial charge in [-0.05, 0) is 61.1 Å². The number of quaternary nitrogens is 1. The van der Waals surface area contributed by atoms with Gasteiger partial charge in [-0.2, -0.15) is 0 Å². The van der Waals surface area contributed by atoms with E-state index in [1.54, 1.807) is 0 Å². The Balaban J connectivity index is 1.67. The SMILES string of the molecule is CC[C@@H]1CCCC[NH+]1C[C@H](O)COC(c1ccc(Cl)cc1)c1ccc(Cl)cc1. The van der Waals surface area contributed by atoms with Crippen molar-refractivity contribution in [3.05, 3.63) is 69.7 Å². The van der Waals surface area contributed by atoms with Gasteiger partial charge in [0.05, 0.1) is 19.2 Å². The second-order valence-electron chi connectivity index (χ2n) is 7.68. The van der Waals surface area contributed by atoms with E-state index >= 15 is 0 Å². The maximum Gasteiger partial charge on any atom is 0.126 e. The summed E-state index contributed by atoms with van der Waals surface area (Å²) in [6.45, 7) is 4.44. The van der Waals surface area contributed by atoms with Crippen LogP contribution in [0.3, 0.4) is 0 Å². The van der Waals surface area contributed by atoms with Gasteiger partial charge in [-0.1, -0.05) is 54.4 Å². The Bertz CT molecular complexity index is 675. The molecule has 28 heavy (non-hydrogen) atoms. The van der Waals surface area contributed by atoms with E-state index in [0.717, 1.165) is 24.2 Å². The number of nitrogens with one attached hydrogen (secondary N) is 1. The smallest absolute Gasteiger partial charge is 0.126 e. The van der Waals surface area contributed by atoms with Gasteiger partial charge in [0.1, 0.15) is 18.8 Å². The van der Waals surface area contributed by atoms with Gasteiger partial charge in [-0.15, -0.1) is 0 Å². The number of ether oxygens (including phenoxy) is 1. The molecular weight excluding hydrogens is 393 g/mol. The molecule has 2 N–H and O–H groups in total. The highest BCUT2D eigenvalue weighted by Gasteiger charge is 2.27. The molecule has 0 spiro atoms. The van der Waals surface area contributed by atoms with E-state index in [0.29, 0.717) is 22.7 Å². The van der Waals surface area contributed by atoms with Crippen molar-refractivity contribution >= 4 is 23.2 Å². The molecule has 1 aliphatic rings. The first-order valence-corrected chi connectivity index (χ1v) is 11.0. The molecule has 152 valence electrons. The first-order chi connectivity index (χ1) is 13.6. The van der Waals surface area contributed by atoms with E-state index in [4.69, 9.17) is 27.9 Å². The zero-order valence-electron chi connectivity index (χ0n) is 16.4. The lowest BCUT2D eigenvalue weighted by Gasteiger charge is -2.33. The maximum atomic E-state index is 10.7. The molecule has 0 aromatic heterocycles. The predicted octanol–water partition coefficient (Wildman–Crippen LogP) is 4.31. The van der Waals surface area contributed by atoms with Crippen molar-refractivity contribution in [1.29, 1.82) is 0 Å². The summed E-state index contributed by atoms with van der Waals surface area (Å²) < 4.78 is 6.22. The Kier molecular flexibility index (Phi) is 8.19. The zero-order chi connectivity index (χ0) is 19.9. The quantitative estimate of drug-likeness (QED) is 0.664. The number of likely N-dealkylation sites (tertiary alicyclic amines) is 1. The van der Waals surface area contributed by atoms with Crippen LogP contribution in [-0.2, 0) is 4.74 Å². The lowest BCUT2D eigenvalue weighted by atomic mass is 9.99. The highest BCUT2D eigenvalue weighted by atomic mass is 35.5. The van der Waals surface area contributed by atoms with E-state index in [1.807, 2.05) is 48.5 Å². The van der Waals surface area contributed by atoms with Crippen LogP contribution in [0.15, 0.2) is 48.5 Å². The van der Waals surface area contributed by atoms with Crippen molar-refractivity contribution in [1.82, 2.24) is 0 Å². The van der Waals surface area contributed by atoms with Crippen molar-refractivity contribution in [2.45, 2.75) is 50.9 Å². The van der Waals surface area contributed by atoms with Crippen molar-refractivity contribution in [2.24, 2.45) is 0 Å². The van der Waals surface area contributed by atoms with Crippen LogP contribution in [0.5, 0.6) is 0 Å². The Morgan fingerprint density at radius 1 is 1.00 bits per heavy atom. The summed E-state index contributed by atoms with van der Waals surface area (Å²) in [5.74, 6) is 0. The van der Waals surface area contributed by atoms with E-state index in [9.17, 15) is 5.11 Å². The molecule has 3 nitrogen and oxygen atoms in total. The van der Waals surface area contributed by atoms with Gasteiger partial charge in [-0.3, -0.25) is 0 Å². The molecule has 5 heteroatoms. The summed E-state index contributed by atoms with van der Waals surface area (Å²) in [6.07, 6.45) is 4.24. The lowest BCUT2D eigenvalue weighted by molar-refractivity contribution is -0.933. The van der Waals surface area contributed by atoms with Crippen LogP contribution in [0.25, 0.3) is 0 Å². The van der Waals surface area contributed by atoms with Crippen molar-refractivity contribution < 1.29 is 14.7 Å². The van der Waals surface area contributed by atoms with E-state index < -0.39 is 6.10 Å². The van der Waals surface area contributed by atoms with E-state index in [2.05, 4.69) is 6.92 Å². The number of halogens is 2. The Morgan fingerprint density at radius 3 is 2.11 bits per heavy atom. The minimum absolute atomic E-state index is 0.262. The first-order valence-electron chi connectivity index (χ1n) is 10.2. The molecule has 0 amide bonds. The third-order valence-electron chi connectivity index (χ3n) is 5.67. The molecule has 3 atom stereocenters. The van der Waals surface area contributed by atoms with Crippen molar-refractivity contribution in [3.63, 3.8) is 0 Å². The van der Waals surface area contributed by atoms with E-state index in [-0.39, 0.29) is 6.10 Å². The summed E-state index contributed by atoms with van der Waals surface area (Å²) in [5.41, 5.74) is 2.02. The number of benzene rings is 2. The maximum absolute atomic E-state index is 10.7. The number of aliphatic hydroxyl groups excluding tert-OH is 1. The summed E-state index contributed by atoms with van der Waals surface area (Å²) in [5, 5.41) is 12.0. The molecule has 1 heterocycles. The molecular formula is C23H30Cl2NO2+. The van der Waals surface area contributed by atoms with Crippen LogP contribution in [0.1, 0.15) is 49.8 Å². The molecule has 1 unspecified atom stereocenters. The highest BCUT2D eigenvalue weighted by Crippen LogP contribution is 2.28. The second kappa shape index (κ2) is 10.6. The summed E-state index contributed by atoms with van der Waals surface area (Å²) in [4.78, 5) is 1.51. The molecule has 1 aliphatic heterocycles. The van der Waals surface area contributed by atoms with Gasteiger partial charge >= 0.3 is 0 Å². The number of hydrogen-bond acceptors (Lipinski definition) is 2. The fraction of sp³-hybridized carbons (Fsp3) is 0.478. The lowest BCUT2D eigenvalue weighted by Crippen LogP contribution is -3.17. The largest absolute Gasteiger partial charge is 0.385 e. The summed E-state index contributed by atoms with van der Waals surface area (Å²) in [6, 6.07) is 16.0. The molecule has 0 bridgehead atoms. The Morgan fingerprint density at radius 2 is 1.57 bits per heavy atom. The normalized spacial score (nSPS) is 21.0. The Hall–Kier alpha value is -1.10. The average Bonchev–Trinajstić information content (AvgIpc) is 2.71. The van der Waals surface area contributed by atoms with Gasteiger partial charge in [-0.25, -0.2) is 0 Å². The highest BCUT2D eigenvalue weighted by molar-refractivity contribution is 6.30. The minimum atomic E-state index is -0.482. The molecule has 2 aromatic carbocycles. The van der Waals surface area contributed by atoms with Gasteiger partial charge < -0.3 is 14.7 Å². The third-order valence-corrected chi connectivity index (χ3v) is 6.17. The average molecular weight is 423 g/mol. The minimum Gasteiger partial charge on any atom is -0.385 e. The number of aliphatic hydroxyl groups is 1. The Labute approximate surface area is 178 Å². The van der Waals surface area contributed by atoms with Crippen LogP contribution >= 0.6 is 23.2 Å². The molecule has 0 saturated carbocycles. The first kappa shape index (κ1) is 21.6. The van der Waals surface area contributed by atoms with Gasteiger partial charge in [0.15, 0.2) is 0 Å². The molecule has 0 aliphatic carbocycles. The van der Waals surface area contributed by atoms with Crippen LogP contribution in [-0.4, -0.2) is 36.9 Å². The number of hydrogen-bond donors (Lipinski definition) is 2. The van der Waals surface area contributed by atoms with Gasteiger partial charge in [0, 0.05) is 10.0 Å². The van der Waals surface area contributed by atoms with Crippen molar-refractivity contribution in [2.75, 3.05) is 19.7 Å². The summed E-state index contributed by atoms with van der Waals surface area (Å²) in [7, 11) is 0. The fourth-order valence-corrected chi connectivity index (χ4v) is 4.39. The number of piperidine rings is 1. The molecule has 2 aromatic rings. The predicted molar refractivity (Wildman–Crippen MR) is 115 cm³/mol. The number of rotatable bonds is 8. The molecule has 0 radical (unpaired) electrons. The zero-order valence-corrected chi connectivity index (χ0v) is 17.9. The van der Waals surface area contributed by atoms with Gasteiger partial charge in [0.2, 0.25) is 0 Å². The van der Waals surface area contributed by atoms with E-state index in [1.165, 1.54) is 30.6 Å². The standard InChI is InChI=1S/C23H29Cl2NO2/c1-2-21-5-3-4-14-26(21)15-22(27)16-28-23(17-6-10-19(24)11-7-17)18-8-12-20(25)13-9-18/h6-13,21-23,27H,2-5,14-16H2,1H3/p+1/t21-,22+/m1/s1. The van der Waals surface area contributed by atoms with Gasteiger partial charge in [0.25, 0.3) is 0 Å². The van der Waals surface area contributed by atoms with Crippen LogP contribution in [0.4, 0.5) is 0 Å². The summed E-state index contributed by atoms with van der Waals surface area (Å²) >= 11 is 12.1. The topological polar surface area (TPSA) is 33.9 Å². The third kappa shape index (κ3) is 5.95. The van der Waals surface area contributed by atoms with Crippen molar-refractivity contribution in [3.8, 4) is 0 Å². The van der Waals surface area contributed by atoms with Crippen LogP contribution in [0.2, 0.25) is 10.0 Å². The van der Waals surface area contributed by atoms with Crippen LogP contribution < -0.4 is 4.90 Å². The molecule has 1 saturated heterocycles. The second-order valence-corrected chi connectivity index (χ2v) is 8.56. The fourth-order valence-electron chi connectivity index (χ4n) is 4.14. The molecule has 3 rings (SSSR count).